The Kier molecular flexibility index (Phi) is 4.81. The van der Waals surface area contributed by atoms with Crippen molar-refractivity contribution in [3.8, 4) is 10.6 Å². The van der Waals surface area contributed by atoms with Crippen molar-refractivity contribution in [2.75, 3.05) is 18.0 Å². The molecule has 0 unspecified atom stereocenters. The van der Waals surface area contributed by atoms with Crippen LogP contribution in [-0.4, -0.2) is 39.2 Å². The molecule has 1 aliphatic rings. The number of hydrogen-bond acceptors (Lipinski definition) is 4. The monoisotopic (exact) mass is 421 g/mol. The minimum atomic E-state index is -4.37. The molecule has 4 rings (SSSR count). The third-order valence-electron chi connectivity index (χ3n) is 4.70. The lowest BCUT2D eigenvalue weighted by atomic mass is 10.1. The van der Waals surface area contributed by atoms with Gasteiger partial charge in [-0.2, -0.15) is 18.3 Å². The number of hydrogen-bond donors (Lipinski definition) is 1. The van der Waals surface area contributed by atoms with Gasteiger partial charge >= 0.3 is 12.2 Å². The van der Waals surface area contributed by atoms with Crippen molar-refractivity contribution in [3.63, 3.8) is 0 Å². The number of thiazole rings is 1. The molecule has 10 heteroatoms. The summed E-state index contributed by atoms with van der Waals surface area (Å²) >= 11 is 1.40. The van der Waals surface area contributed by atoms with Crippen LogP contribution in [0, 0.1) is 13.8 Å². The highest BCUT2D eigenvalue weighted by Crippen LogP contribution is 2.35. The first-order valence-corrected chi connectivity index (χ1v) is 9.76. The van der Waals surface area contributed by atoms with Gasteiger partial charge in [-0.15, -0.1) is 0 Å². The topological polar surface area (TPSA) is 65.1 Å². The number of H-pyrrole nitrogens is 1. The van der Waals surface area contributed by atoms with E-state index in [1.165, 1.54) is 23.5 Å². The summed E-state index contributed by atoms with van der Waals surface area (Å²) in [5, 5.41) is 7.75. The van der Waals surface area contributed by atoms with E-state index in [4.69, 9.17) is 0 Å². The van der Waals surface area contributed by atoms with Gasteiger partial charge < -0.3 is 4.90 Å². The molecule has 152 valence electrons. The van der Waals surface area contributed by atoms with E-state index in [0.717, 1.165) is 34.1 Å². The first-order valence-electron chi connectivity index (χ1n) is 8.95. The van der Waals surface area contributed by atoms with E-state index in [0.29, 0.717) is 23.8 Å². The summed E-state index contributed by atoms with van der Waals surface area (Å²) in [5.41, 5.74) is 2.48. The van der Waals surface area contributed by atoms with E-state index in [1.54, 1.807) is 9.80 Å². The van der Waals surface area contributed by atoms with Crippen molar-refractivity contribution < 1.29 is 18.0 Å². The fourth-order valence-electron chi connectivity index (χ4n) is 3.20. The first kappa shape index (κ1) is 19.4. The Hall–Kier alpha value is -2.88. The lowest BCUT2D eigenvalue weighted by Crippen LogP contribution is -2.31. The van der Waals surface area contributed by atoms with E-state index in [1.807, 2.05) is 19.9 Å². The molecule has 1 saturated heterocycles. The lowest BCUT2D eigenvalue weighted by Gasteiger charge is -2.17. The minimum absolute atomic E-state index is 0.205. The van der Waals surface area contributed by atoms with Crippen molar-refractivity contribution in [1.82, 2.24) is 20.1 Å². The van der Waals surface area contributed by atoms with E-state index >= 15 is 0 Å². The summed E-state index contributed by atoms with van der Waals surface area (Å²) in [5.74, 6) is 0. The second-order valence-corrected chi connectivity index (χ2v) is 7.88. The molecule has 1 aliphatic heterocycles. The zero-order valence-electron chi connectivity index (χ0n) is 15.7. The van der Waals surface area contributed by atoms with E-state index in [-0.39, 0.29) is 12.6 Å². The summed E-state index contributed by atoms with van der Waals surface area (Å²) in [4.78, 5) is 21.5. The van der Waals surface area contributed by atoms with Crippen LogP contribution in [0.3, 0.4) is 0 Å². The number of halogens is 3. The van der Waals surface area contributed by atoms with Gasteiger partial charge in [-0.05, 0) is 37.6 Å². The van der Waals surface area contributed by atoms with Crippen LogP contribution in [-0.2, 0) is 12.7 Å². The quantitative estimate of drug-likeness (QED) is 0.669. The largest absolute Gasteiger partial charge is 0.416 e. The van der Waals surface area contributed by atoms with Crippen LogP contribution in [0.1, 0.15) is 22.5 Å². The van der Waals surface area contributed by atoms with Crippen molar-refractivity contribution >= 4 is 22.5 Å². The Morgan fingerprint density at radius 3 is 2.52 bits per heavy atom. The number of anilines is 1. The Morgan fingerprint density at radius 1 is 1.17 bits per heavy atom. The van der Waals surface area contributed by atoms with Crippen LogP contribution in [0.2, 0.25) is 0 Å². The summed E-state index contributed by atoms with van der Waals surface area (Å²) in [6.45, 7) is 5.00. The maximum absolute atomic E-state index is 12.8. The number of amides is 2. The Balaban J connectivity index is 1.48. The predicted molar refractivity (Wildman–Crippen MR) is 104 cm³/mol. The van der Waals surface area contributed by atoms with Gasteiger partial charge in [-0.3, -0.25) is 10.00 Å². The number of carbonyl (C=O) groups excluding carboxylic acids is 1. The van der Waals surface area contributed by atoms with Crippen LogP contribution in [0.25, 0.3) is 10.6 Å². The van der Waals surface area contributed by atoms with Gasteiger partial charge in [-0.1, -0.05) is 23.5 Å². The smallest absolute Gasteiger partial charge is 0.318 e. The average Bonchev–Trinajstić information content (AvgIpc) is 3.34. The third-order valence-corrected chi connectivity index (χ3v) is 5.91. The molecule has 0 atom stereocenters. The number of aromatic nitrogens is 3. The number of nitrogens with zero attached hydrogens (tertiary/aromatic N) is 4. The second kappa shape index (κ2) is 7.18. The van der Waals surface area contributed by atoms with Gasteiger partial charge in [0.25, 0.3) is 0 Å². The fraction of sp³-hybridized carbons (Fsp3) is 0.316. The third kappa shape index (κ3) is 3.84. The van der Waals surface area contributed by atoms with Crippen LogP contribution < -0.4 is 4.90 Å². The number of rotatable bonds is 4. The molecular formula is C19H18F3N5OS. The van der Waals surface area contributed by atoms with Gasteiger partial charge in [0.15, 0.2) is 5.13 Å². The Morgan fingerprint density at radius 2 is 1.90 bits per heavy atom. The van der Waals surface area contributed by atoms with Gasteiger partial charge in [0, 0.05) is 25.3 Å². The number of benzene rings is 1. The molecule has 0 aliphatic carbocycles. The molecule has 1 N–H and O–H groups in total. The highest BCUT2D eigenvalue weighted by atomic mass is 32.1. The number of nitrogens with one attached hydrogen (secondary N) is 1. The highest BCUT2D eigenvalue weighted by molar-refractivity contribution is 7.19. The molecule has 3 heterocycles. The average molecular weight is 421 g/mol. The number of aryl methyl sites for hydroxylation is 2. The molecule has 0 spiro atoms. The maximum Gasteiger partial charge on any atom is 0.416 e. The SMILES string of the molecule is Cc1cc(-c2sc(N3CCN(Cc4ccc(C(F)(F)F)cc4)C3=O)nc2C)n[nH]1. The van der Waals surface area contributed by atoms with Crippen LogP contribution in [0.4, 0.5) is 23.1 Å². The van der Waals surface area contributed by atoms with Crippen molar-refractivity contribution in [1.29, 1.82) is 0 Å². The number of carbonyl (C=O) groups is 1. The van der Waals surface area contributed by atoms with Crippen molar-refractivity contribution in [2.45, 2.75) is 26.6 Å². The highest BCUT2D eigenvalue weighted by Gasteiger charge is 2.33. The number of urea groups is 1. The van der Waals surface area contributed by atoms with Crippen LogP contribution in [0.5, 0.6) is 0 Å². The summed E-state index contributed by atoms with van der Waals surface area (Å²) < 4.78 is 38.1. The van der Waals surface area contributed by atoms with Gasteiger partial charge in [0.2, 0.25) is 0 Å². The standard InChI is InChI=1S/C19H18F3N5OS/c1-11-9-15(25-24-11)16-12(2)23-17(29-16)27-8-7-26(18(27)28)10-13-3-5-14(6-4-13)19(20,21)22/h3-6,9H,7-8,10H2,1-2H3,(H,24,25). The molecule has 6 nitrogen and oxygen atoms in total. The predicted octanol–water partition coefficient (Wildman–Crippen LogP) is 4.61. The molecular weight excluding hydrogens is 403 g/mol. The first-order chi connectivity index (χ1) is 13.7. The summed E-state index contributed by atoms with van der Waals surface area (Å²) in [6, 6.07) is 6.61. The lowest BCUT2D eigenvalue weighted by molar-refractivity contribution is -0.137. The van der Waals surface area contributed by atoms with Crippen molar-refractivity contribution in [3.05, 3.63) is 52.8 Å². The molecule has 2 amide bonds. The molecule has 29 heavy (non-hydrogen) atoms. The molecule has 3 aromatic rings. The molecule has 1 fully saturated rings. The van der Waals surface area contributed by atoms with Gasteiger partial charge in [-0.25, -0.2) is 9.78 Å². The molecule has 0 radical (unpaired) electrons. The van der Waals surface area contributed by atoms with Crippen molar-refractivity contribution in [2.24, 2.45) is 0 Å². The minimum Gasteiger partial charge on any atom is -0.318 e. The Bertz CT molecular complexity index is 1040. The van der Waals surface area contributed by atoms with Crippen LogP contribution in [0.15, 0.2) is 30.3 Å². The molecule has 0 bridgehead atoms. The maximum atomic E-state index is 12.8. The number of aromatic amines is 1. The van der Waals surface area contributed by atoms with E-state index in [9.17, 15) is 18.0 Å². The summed E-state index contributed by atoms with van der Waals surface area (Å²) in [6.07, 6.45) is -4.37. The second-order valence-electron chi connectivity index (χ2n) is 6.90. The molecule has 0 saturated carbocycles. The summed E-state index contributed by atoms with van der Waals surface area (Å²) in [7, 11) is 0. The Labute approximate surface area is 169 Å². The van der Waals surface area contributed by atoms with Crippen LogP contribution >= 0.6 is 11.3 Å². The zero-order valence-corrected chi connectivity index (χ0v) is 16.6. The fourth-order valence-corrected chi connectivity index (χ4v) is 4.24. The number of alkyl halides is 3. The van der Waals surface area contributed by atoms with E-state index in [2.05, 4.69) is 15.2 Å². The van der Waals surface area contributed by atoms with Gasteiger partial charge in [0.1, 0.15) is 5.69 Å². The molecule has 2 aromatic heterocycles. The van der Waals surface area contributed by atoms with Gasteiger partial charge in [0.05, 0.1) is 16.1 Å². The normalized spacial score (nSPS) is 14.9. The zero-order chi connectivity index (χ0) is 20.8. The van der Waals surface area contributed by atoms with E-state index < -0.39 is 11.7 Å². The molecule has 1 aromatic carbocycles.